The van der Waals surface area contributed by atoms with E-state index in [-0.39, 0.29) is 11.2 Å². The van der Waals surface area contributed by atoms with Gasteiger partial charge in [-0.25, -0.2) is 0 Å². The van der Waals surface area contributed by atoms with E-state index in [1.807, 2.05) is 0 Å². The van der Waals surface area contributed by atoms with Gasteiger partial charge in [0.2, 0.25) is 0 Å². The molecule has 2 heteroatoms. The molecule has 0 aliphatic heterocycles. The third-order valence-corrected chi connectivity index (χ3v) is 8.02. The van der Waals surface area contributed by atoms with Crippen LogP contribution in [0.1, 0.15) is 76.6 Å². The molecule has 0 saturated heterocycles. The van der Waals surface area contributed by atoms with Crippen molar-refractivity contribution in [2.75, 3.05) is 0 Å². The van der Waals surface area contributed by atoms with Gasteiger partial charge in [0.1, 0.15) is 22.7 Å². The highest BCUT2D eigenvalue weighted by atomic mass is 16.5. The van der Waals surface area contributed by atoms with Crippen molar-refractivity contribution in [1.82, 2.24) is 0 Å². The second-order valence-electron chi connectivity index (χ2n) is 11.3. The molecule has 0 atom stereocenters. The summed E-state index contributed by atoms with van der Waals surface area (Å²) in [6, 6.07) is 35.1. The molecule has 0 heterocycles. The minimum Gasteiger partial charge on any atom is -0.488 e. The summed E-state index contributed by atoms with van der Waals surface area (Å²) in [7, 11) is 0. The van der Waals surface area contributed by atoms with Crippen LogP contribution < -0.4 is 9.47 Å². The van der Waals surface area contributed by atoms with Crippen molar-refractivity contribution in [2.45, 2.75) is 71.0 Å². The Labute approximate surface area is 222 Å². The molecule has 0 unspecified atom stereocenters. The molecule has 2 nitrogen and oxygen atoms in total. The van der Waals surface area contributed by atoms with Gasteiger partial charge in [-0.05, 0) is 98.2 Å². The van der Waals surface area contributed by atoms with Gasteiger partial charge in [0.05, 0.1) is 5.41 Å². The van der Waals surface area contributed by atoms with Gasteiger partial charge in [0.25, 0.3) is 0 Å². The summed E-state index contributed by atoms with van der Waals surface area (Å²) >= 11 is 0. The van der Waals surface area contributed by atoms with Crippen LogP contribution in [0.5, 0.6) is 11.5 Å². The number of fused-ring (bicyclic) bond motifs is 3. The fourth-order valence-electron chi connectivity index (χ4n) is 5.35. The van der Waals surface area contributed by atoms with Gasteiger partial charge in [-0.3, -0.25) is 0 Å². The standard InChI is InChI=1S/C35H38O2/c1-7-33(3,4)36-27-21-17-25(18-22-27)35(26-19-23-28(24-20-26)37-34(5,6)8-2)31-15-11-9-13-29(31)30-14-10-12-16-32(30)35/h9-24H,7-8H2,1-6H3. The fraction of sp³-hybridized carbons (Fsp3) is 0.314. The summed E-state index contributed by atoms with van der Waals surface area (Å²) in [5, 5.41) is 0. The van der Waals surface area contributed by atoms with E-state index in [0.717, 1.165) is 24.3 Å². The van der Waals surface area contributed by atoms with E-state index in [1.165, 1.54) is 33.4 Å². The van der Waals surface area contributed by atoms with Gasteiger partial charge in [0.15, 0.2) is 0 Å². The third kappa shape index (κ3) is 4.44. The number of ether oxygens (including phenoxy) is 2. The first-order chi connectivity index (χ1) is 17.7. The first kappa shape index (κ1) is 25.1. The van der Waals surface area contributed by atoms with E-state index in [4.69, 9.17) is 9.47 Å². The van der Waals surface area contributed by atoms with Gasteiger partial charge in [-0.1, -0.05) is 86.6 Å². The summed E-state index contributed by atoms with van der Waals surface area (Å²) in [5.41, 5.74) is 6.83. The number of benzene rings is 4. The Morgan fingerprint density at radius 2 is 0.865 bits per heavy atom. The maximum atomic E-state index is 6.30. The maximum absolute atomic E-state index is 6.30. The molecule has 5 rings (SSSR count). The summed E-state index contributed by atoms with van der Waals surface area (Å²) in [6.45, 7) is 12.9. The normalized spacial score (nSPS) is 14.1. The molecule has 0 radical (unpaired) electrons. The Bertz CT molecular complexity index is 1270. The number of hydrogen-bond acceptors (Lipinski definition) is 2. The first-order valence-corrected chi connectivity index (χ1v) is 13.5. The lowest BCUT2D eigenvalue weighted by Crippen LogP contribution is -2.29. The monoisotopic (exact) mass is 490 g/mol. The molecule has 0 saturated carbocycles. The summed E-state index contributed by atoms with van der Waals surface area (Å²) in [5.74, 6) is 1.80. The van der Waals surface area contributed by atoms with E-state index in [2.05, 4.69) is 139 Å². The number of rotatable bonds is 8. The average molecular weight is 491 g/mol. The Kier molecular flexibility index (Phi) is 6.40. The van der Waals surface area contributed by atoms with Crippen LogP contribution in [-0.4, -0.2) is 11.2 Å². The molecule has 1 aliphatic rings. The molecule has 0 aromatic heterocycles. The molecule has 0 N–H and O–H groups in total. The van der Waals surface area contributed by atoms with Crippen LogP contribution in [-0.2, 0) is 5.41 Å². The van der Waals surface area contributed by atoms with E-state index >= 15 is 0 Å². The van der Waals surface area contributed by atoms with Crippen molar-refractivity contribution in [3.05, 3.63) is 119 Å². The lowest BCUT2D eigenvalue weighted by atomic mass is 9.67. The molecule has 0 amide bonds. The average Bonchev–Trinajstić information content (AvgIpc) is 3.21. The predicted molar refractivity (Wildman–Crippen MR) is 154 cm³/mol. The van der Waals surface area contributed by atoms with Crippen LogP contribution in [0, 0.1) is 0 Å². The predicted octanol–water partition coefficient (Wildman–Crippen LogP) is 9.18. The second kappa shape index (κ2) is 9.41. The van der Waals surface area contributed by atoms with Crippen LogP contribution in [0.15, 0.2) is 97.1 Å². The lowest BCUT2D eigenvalue weighted by Gasteiger charge is -2.34. The van der Waals surface area contributed by atoms with Crippen LogP contribution in [0.3, 0.4) is 0 Å². The van der Waals surface area contributed by atoms with E-state index < -0.39 is 5.41 Å². The summed E-state index contributed by atoms with van der Waals surface area (Å²) < 4.78 is 12.6. The van der Waals surface area contributed by atoms with E-state index in [0.29, 0.717) is 0 Å². The minimum absolute atomic E-state index is 0.201. The lowest BCUT2D eigenvalue weighted by molar-refractivity contribution is 0.105. The van der Waals surface area contributed by atoms with Crippen LogP contribution in [0.2, 0.25) is 0 Å². The SMILES string of the molecule is CCC(C)(C)Oc1ccc(C2(c3ccc(OC(C)(C)CC)cc3)c3ccccc3-c3ccccc32)cc1. The highest BCUT2D eigenvalue weighted by Crippen LogP contribution is 2.56. The summed E-state index contributed by atoms with van der Waals surface area (Å²) in [4.78, 5) is 0. The molecule has 4 aromatic carbocycles. The Morgan fingerprint density at radius 1 is 0.514 bits per heavy atom. The molecule has 0 fully saturated rings. The van der Waals surface area contributed by atoms with Gasteiger partial charge in [-0.2, -0.15) is 0 Å². The minimum atomic E-state index is -0.426. The molecule has 37 heavy (non-hydrogen) atoms. The number of hydrogen-bond donors (Lipinski definition) is 0. The van der Waals surface area contributed by atoms with Crippen molar-refractivity contribution in [3.8, 4) is 22.6 Å². The Morgan fingerprint density at radius 3 is 1.22 bits per heavy atom. The highest BCUT2D eigenvalue weighted by molar-refractivity contribution is 5.86. The Hall–Kier alpha value is -3.52. The van der Waals surface area contributed by atoms with Crippen molar-refractivity contribution in [1.29, 1.82) is 0 Å². The second-order valence-corrected chi connectivity index (χ2v) is 11.3. The van der Waals surface area contributed by atoms with E-state index in [9.17, 15) is 0 Å². The van der Waals surface area contributed by atoms with Gasteiger partial charge >= 0.3 is 0 Å². The van der Waals surface area contributed by atoms with Crippen molar-refractivity contribution >= 4 is 0 Å². The fourth-order valence-corrected chi connectivity index (χ4v) is 5.35. The molecular weight excluding hydrogens is 452 g/mol. The van der Waals surface area contributed by atoms with Gasteiger partial charge in [0, 0.05) is 0 Å². The van der Waals surface area contributed by atoms with Gasteiger partial charge < -0.3 is 9.47 Å². The maximum Gasteiger partial charge on any atom is 0.120 e. The molecule has 0 spiro atoms. The topological polar surface area (TPSA) is 18.5 Å². The van der Waals surface area contributed by atoms with Crippen LogP contribution >= 0.6 is 0 Å². The van der Waals surface area contributed by atoms with Crippen molar-refractivity contribution < 1.29 is 9.47 Å². The van der Waals surface area contributed by atoms with Gasteiger partial charge in [-0.15, -0.1) is 0 Å². The quantitative estimate of drug-likeness (QED) is 0.216. The molecule has 1 aliphatic carbocycles. The van der Waals surface area contributed by atoms with Crippen molar-refractivity contribution in [2.24, 2.45) is 0 Å². The molecular formula is C35H38O2. The molecule has 4 aromatic rings. The largest absolute Gasteiger partial charge is 0.488 e. The van der Waals surface area contributed by atoms with E-state index in [1.54, 1.807) is 0 Å². The van der Waals surface area contributed by atoms with Crippen molar-refractivity contribution in [3.63, 3.8) is 0 Å². The Balaban J connectivity index is 1.69. The first-order valence-electron chi connectivity index (χ1n) is 13.5. The van der Waals surface area contributed by atoms with Crippen LogP contribution in [0.4, 0.5) is 0 Å². The summed E-state index contributed by atoms with van der Waals surface area (Å²) in [6.07, 6.45) is 1.89. The zero-order valence-electron chi connectivity index (χ0n) is 23.0. The molecule has 190 valence electrons. The zero-order valence-corrected chi connectivity index (χ0v) is 23.0. The zero-order chi connectivity index (χ0) is 26.3. The third-order valence-electron chi connectivity index (χ3n) is 8.02. The van der Waals surface area contributed by atoms with Crippen LogP contribution in [0.25, 0.3) is 11.1 Å². The highest BCUT2D eigenvalue weighted by Gasteiger charge is 2.45. The molecule has 0 bridgehead atoms. The smallest absolute Gasteiger partial charge is 0.120 e.